The van der Waals surface area contributed by atoms with Crippen LogP contribution in [0.3, 0.4) is 0 Å². The summed E-state index contributed by atoms with van der Waals surface area (Å²) in [6.07, 6.45) is 0. The smallest absolute Gasteiger partial charge is 0.255 e. The summed E-state index contributed by atoms with van der Waals surface area (Å²) in [6.45, 7) is 0. The summed E-state index contributed by atoms with van der Waals surface area (Å²) in [5.74, 6) is 0.388. The predicted octanol–water partition coefficient (Wildman–Crippen LogP) is 4.25. The highest BCUT2D eigenvalue weighted by Crippen LogP contribution is 2.21. The van der Waals surface area contributed by atoms with Crippen LogP contribution >= 0.6 is 23.2 Å². The molecular weight excluding hydrogens is 285 g/mol. The molecule has 98 valence electrons. The Labute approximate surface area is 121 Å². The van der Waals surface area contributed by atoms with Gasteiger partial charge in [-0.25, -0.2) is 0 Å². The van der Waals surface area contributed by atoms with Gasteiger partial charge in [-0.3, -0.25) is 4.79 Å². The molecule has 1 N–H and O–H groups in total. The third-order valence-electron chi connectivity index (χ3n) is 2.45. The van der Waals surface area contributed by atoms with Gasteiger partial charge in [-0.1, -0.05) is 29.3 Å². The fourth-order valence-corrected chi connectivity index (χ4v) is 2.12. The SMILES string of the molecule is COc1cccc(NC(=O)c2cc(Cl)cc(Cl)c2)c1. The zero-order chi connectivity index (χ0) is 13.8. The van der Waals surface area contributed by atoms with Gasteiger partial charge in [0.15, 0.2) is 0 Å². The molecule has 2 aromatic carbocycles. The number of halogens is 2. The zero-order valence-electron chi connectivity index (χ0n) is 10.1. The van der Waals surface area contributed by atoms with Gasteiger partial charge in [0.05, 0.1) is 7.11 Å². The maximum absolute atomic E-state index is 12.0. The Kier molecular flexibility index (Phi) is 4.30. The lowest BCUT2D eigenvalue weighted by molar-refractivity contribution is 0.102. The number of carbonyl (C=O) groups excluding carboxylic acids is 1. The molecule has 0 unspecified atom stereocenters. The van der Waals surface area contributed by atoms with Crippen LogP contribution in [0.25, 0.3) is 0 Å². The van der Waals surface area contributed by atoms with E-state index < -0.39 is 0 Å². The highest BCUT2D eigenvalue weighted by molar-refractivity contribution is 6.35. The first-order valence-corrected chi connectivity index (χ1v) is 6.25. The molecule has 0 saturated heterocycles. The highest BCUT2D eigenvalue weighted by atomic mass is 35.5. The number of amides is 1. The zero-order valence-corrected chi connectivity index (χ0v) is 11.6. The summed E-state index contributed by atoms with van der Waals surface area (Å²) in [5, 5.41) is 3.59. The Morgan fingerprint density at radius 3 is 2.42 bits per heavy atom. The summed E-state index contributed by atoms with van der Waals surface area (Å²) >= 11 is 11.7. The molecule has 0 atom stereocenters. The number of methoxy groups -OCH3 is 1. The highest BCUT2D eigenvalue weighted by Gasteiger charge is 2.08. The largest absolute Gasteiger partial charge is 0.497 e. The molecule has 0 bridgehead atoms. The Morgan fingerprint density at radius 1 is 1.11 bits per heavy atom. The van der Waals surface area contributed by atoms with Crippen LogP contribution in [0.15, 0.2) is 42.5 Å². The molecule has 0 radical (unpaired) electrons. The van der Waals surface area contributed by atoms with E-state index in [1.165, 1.54) is 0 Å². The third-order valence-corrected chi connectivity index (χ3v) is 2.89. The van der Waals surface area contributed by atoms with E-state index in [0.29, 0.717) is 27.0 Å². The predicted molar refractivity (Wildman–Crippen MR) is 77.4 cm³/mol. The lowest BCUT2D eigenvalue weighted by Crippen LogP contribution is -2.11. The minimum Gasteiger partial charge on any atom is -0.497 e. The van der Waals surface area contributed by atoms with Crippen molar-refractivity contribution in [3.63, 3.8) is 0 Å². The second-order valence-electron chi connectivity index (χ2n) is 3.84. The fourth-order valence-electron chi connectivity index (χ4n) is 1.59. The molecule has 2 aromatic rings. The molecule has 0 fully saturated rings. The lowest BCUT2D eigenvalue weighted by Gasteiger charge is -2.07. The van der Waals surface area contributed by atoms with Gasteiger partial charge in [-0.05, 0) is 30.3 Å². The Morgan fingerprint density at radius 2 is 1.79 bits per heavy atom. The van der Waals surface area contributed by atoms with Gasteiger partial charge in [0, 0.05) is 27.4 Å². The molecule has 0 spiro atoms. The molecule has 0 aliphatic rings. The number of ether oxygens (including phenoxy) is 1. The van der Waals surface area contributed by atoms with E-state index in [9.17, 15) is 4.79 Å². The van der Waals surface area contributed by atoms with E-state index in [4.69, 9.17) is 27.9 Å². The molecule has 0 saturated carbocycles. The van der Waals surface area contributed by atoms with Gasteiger partial charge in [0.2, 0.25) is 0 Å². The van der Waals surface area contributed by atoms with E-state index in [2.05, 4.69) is 5.32 Å². The van der Waals surface area contributed by atoms with Crippen molar-refractivity contribution < 1.29 is 9.53 Å². The van der Waals surface area contributed by atoms with Gasteiger partial charge in [-0.15, -0.1) is 0 Å². The Bertz CT molecular complexity index is 594. The van der Waals surface area contributed by atoms with Gasteiger partial charge < -0.3 is 10.1 Å². The third kappa shape index (κ3) is 3.63. The average molecular weight is 296 g/mol. The topological polar surface area (TPSA) is 38.3 Å². The van der Waals surface area contributed by atoms with E-state index in [-0.39, 0.29) is 5.91 Å². The van der Waals surface area contributed by atoms with Crippen molar-refractivity contribution in [3.8, 4) is 5.75 Å². The fraction of sp³-hybridized carbons (Fsp3) is 0.0714. The number of benzene rings is 2. The molecule has 19 heavy (non-hydrogen) atoms. The van der Waals surface area contributed by atoms with E-state index >= 15 is 0 Å². The molecule has 0 heterocycles. The van der Waals surface area contributed by atoms with Gasteiger partial charge in [0.25, 0.3) is 5.91 Å². The first-order valence-electron chi connectivity index (χ1n) is 5.50. The van der Waals surface area contributed by atoms with Crippen LogP contribution in [0.5, 0.6) is 5.75 Å². The summed E-state index contributed by atoms with van der Waals surface area (Å²) < 4.78 is 5.09. The first-order chi connectivity index (χ1) is 9.08. The van der Waals surface area contributed by atoms with Crippen molar-refractivity contribution in [1.29, 1.82) is 0 Å². The lowest BCUT2D eigenvalue weighted by atomic mass is 10.2. The standard InChI is InChI=1S/C14H11Cl2NO2/c1-19-13-4-2-3-12(8-13)17-14(18)9-5-10(15)7-11(16)6-9/h2-8H,1H3,(H,17,18). The van der Waals surface area contributed by atoms with E-state index in [0.717, 1.165) is 0 Å². The maximum atomic E-state index is 12.0. The quantitative estimate of drug-likeness (QED) is 0.919. The number of hydrogen-bond acceptors (Lipinski definition) is 2. The van der Waals surface area contributed by atoms with Gasteiger partial charge in [0.1, 0.15) is 5.75 Å². The van der Waals surface area contributed by atoms with Crippen LogP contribution < -0.4 is 10.1 Å². The van der Waals surface area contributed by atoms with Crippen molar-refractivity contribution >= 4 is 34.8 Å². The molecular formula is C14H11Cl2NO2. The second kappa shape index (κ2) is 5.95. The van der Waals surface area contributed by atoms with Crippen molar-refractivity contribution in [2.45, 2.75) is 0 Å². The number of nitrogens with one attached hydrogen (secondary N) is 1. The van der Waals surface area contributed by atoms with E-state index in [1.807, 2.05) is 0 Å². The van der Waals surface area contributed by atoms with Crippen molar-refractivity contribution in [3.05, 3.63) is 58.1 Å². The number of rotatable bonds is 3. The first kappa shape index (κ1) is 13.7. The summed E-state index contributed by atoms with van der Waals surface area (Å²) in [6, 6.07) is 11.8. The molecule has 3 nitrogen and oxygen atoms in total. The minimum absolute atomic E-state index is 0.280. The monoisotopic (exact) mass is 295 g/mol. The normalized spacial score (nSPS) is 10.1. The van der Waals surface area contributed by atoms with Crippen molar-refractivity contribution in [2.24, 2.45) is 0 Å². The van der Waals surface area contributed by atoms with Crippen LogP contribution in [0, 0.1) is 0 Å². The van der Waals surface area contributed by atoms with Crippen molar-refractivity contribution in [1.82, 2.24) is 0 Å². The van der Waals surface area contributed by atoms with Crippen LogP contribution in [-0.2, 0) is 0 Å². The maximum Gasteiger partial charge on any atom is 0.255 e. The molecule has 0 aliphatic heterocycles. The molecule has 0 aliphatic carbocycles. The van der Waals surface area contributed by atoms with Crippen molar-refractivity contribution in [2.75, 3.05) is 12.4 Å². The minimum atomic E-state index is -0.280. The van der Waals surface area contributed by atoms with Crippen LogP contribution in [0.2, 0.25) is 10.0 Å². The number of carbonyl (C=O) groups is 1. The Balaban J connectivity index is 2.20. The van der Waals surface area contributed by atoms with Gasteiger partial charge in [-0.2, -0.15) is 0 Å². The number of anilines is 1. The Hall–Kier alpha value is -1.71. The molecule has 1 amide bonds. The molecule has 5 heteroatoms. The molecule has 2 rings (SSSR count). The number of hydrogen-bond donors (Lipinski definition) is 1. The summed E-state index contributed by atoms with van der Waals surface area (Å²) in [7, 11) is 1.57. The molecule has 0 aromatic heterocycles. The second-order valence-corrected chi connectivity index (χ2v) is 4.72. The van der Waals surface area contributed by atoms with E-state index in [1.54, 1.807) is 49.6 Å². The average Bonchev–Trinajstić information content (AvgIpc) is 2.37. The van der Waals surface area contributed by atoms with Crippen LogP contribution in [0.4, 0.5) is 5.69 Å². The summed E-state index contributed by atoms with van der Waals surface area (Å²) in [5.41, 5.74) is 1.04. The van der Waals surface area contributed by atoms with Crippen LogP contribution in [0.1, 0.15) is 10.4 Å². The van der Waals surface area contributed by atoms with Gasteiger partial charge >= 0.3 is 0 Å². The summed E-state index contributed by atoms with van der Waals surface area (Å²) in [4.78, 5) is 12.0. The van der Waals surface area contributed by atoms with Crippen LogP contribution in [-0.4, -0.2) is 13.0 Å².